The van der Waals surface area contributed by atoms with E-state index < -0.39 is 0 Å². The van der Waals surface area contributed by atoms with E-state index in [1.807, 2.05) is 13.8 Å². The van der Waals surface area contributed by atoms with Crippen LogP contribution in [0, 0.1) is 0 Å². The van der Waals surface area contributed by atoms with Gasteiger partial charge in [-0.2, -0.15) is 0 Å². The predicted octanol–water partition coefficient (Wildman–Crippen LogP) is 4.11. The molecule has 4 heteroatoms. The molecule has 0 aliphatic carbocycles. The number of unbranched alkanes of at least 4 members (excludes halogenated alkanes) is 6. The molecule has 2 unspecified atom stereocenters. The third-order valence-electron chi connectivity index (χ3n) is 3.33. The van der Waals surface area contributed by atoms with Crippen LogP contribution in [-0.2, 0) is 19.0 Å². The number of esters is 1. The Morgan fingerprint density at radius 1 is 0.905 bits per heavy atom. The molecule has 0 saturated heterocycles. The van der Waals surface area contributed by atoms with Gasteiger partial charge in [-0.15, -0.1) is 0 Å². The molecule has 0 N–H and O–H groups in total. The highest BCUT2D eigenvalue weighted by molar-refractivity contribution is 5.69. The average molecular weight is 302 g/mol. The van der Waals surface area contributed by atoms with E-state index in [1.54, 1.807) is 7.11 Å². The lowest BCUT2D eigenvalue weighted by atomic mass is 10.1. The van der Waals surface area contributed by atoms with Gasteiger partial charge in [0.15, 0.2) is 0 Å². The Kier molecular flexibility index (Phi) is 13.9. The second kappa shape index (κ2) is 14.3. The molecule has 0 aromatic heterocycles. The lowest BCUT2D eigenvalue weighted by molar-refractivity contribution is -0.152. The standard InChI is InChI=1S/C17H34O4/c1-5-6-7-8-9-10-11-12-17(18)21-16(3)14-20-15(2)13-19-4/h15-16H,5-14H2,1-4H3. The van der Waals surface area contributed by atoms with Gasteiger partial charge < -0.3 is 14.2 Å². The van der Waals surface area contributed by atoms with Crippen molar-refractivity contribution in [2.24, 2.45) is 0 Å². The number of ether oxygens (including phenoxy) is 3. The average Bonchev–Trinajstić information content (AvgIpc) is 2.44. The molecule has 0 aromatic rings. The van der Waals surface area contributed by atoms with Crippen molar-refractivity contribution in [1.82, 2.24) is 0 Å². The molecule has 0 aliphatic heterocycles. The monoisotopic (exact) mass is 302 g/mol. The number of hydrogen-bond donors (Lipinski definition) is 0. The van der Waals surface area contributed by atoms with E-state index in [-0.39, 0.29) is 18.2 Å². The number of methoxy groups -OCH3 is 1. The minimum Gasteiger partial charge on any atom is -0.460 e. The molecule has 0 saturated carbocycles. The molecule has 0 aliphatic rings. The fourth-order valence-electron chi connectivity index (χ4n) is 2.13. The molecule has 0 spiro atoms. The zero-order valence-corrected chi connectivity index (χ0v) is 14.4. The van der Waals surface area contributed by atoms with Gasteiger partial charge in [0, 0.05) is 13.5 Å². The first-order valence-electron chi connectivity index (χ1n) is 8.40. The Balaban J connectivity index is 3.47. The zero-order valence-electron chi connectivity index (χ0n) is 14.4. The largest absolute Gasteiger partial charge is 0.460 e. The molecule has 21 heavy (non-hydrogen) atoms. The van der Waals surface area contributed by atoms with Crippen molar-refractivity contribution in [2.45, 2.75) is 84.3 Å². The van der Waals surface area contributed by atoms with E-state index in [0.29, 0.717) is 19.6 Å². The van der Waals surface area contributed by atoms with Crippen molar-refractivity contribution in [2.75, 3.05) is 20.3 Å². The minimum absolute atomic E-state index is 0.0271. The highest BCUT2D eigenvalue weighted by Crippen LogP contribution is 2.09. The molecule has 2 atom stereocenters. The molecule has 0 amide bonds. The summed E-state index contributed by atoms with van der Waals surface area (Å²) in [5.74, 6) is -0.112. The maximum atomic E-state index is 11.7. The van der Waals surface area contributed by atoms with Crippen molar-refractivity contribution < 1.29 is 19.0 Å². The molecule has 0 bridgehead atoms. The first-order chi connectivity index (χ1) is 10.1. The Labute approximate surface area is 130 Å². The lowest BCUT2D eigenvalue weighted by Gasteiger charge is -2.17. The van der Waals surface area contributed by atoms with Gasteiger partial charge in [-0.3, -0.25) is 4.79 Å². The molecule has 0 fully saturated rings. The normalized spacial score (nSPS) is 13.9. The van der Waals surface area contributed by atoms with Crippen LogP contribution in [-0.4, -0.2) is 38.5 Å². The maximum absolute atomic E-state index is 11.7. The highest BCUT2D eigenvalue weighted by Gasteiger charge is 2.11. The number of carbonyl (C=O) groups is 1. The van der Waals surface area contributed by atoms with Crippen LogP contribution in [0.5, 0.6) is 0 Å². The molecule has 0 rings (SSSR count). The van der Waals surface area contributed by atoms with Crippen LogP contribution in [0.1, 0.15) is 72.1 Å². The van der Waals surface area contributed by atoms with E-state index in [1.165, 1.54) is 32.1 Å². The Hall–Kier alpha value is -0.610. The Morgan fingerprint density at radius 3 is 2.14 bits per heavy atom. The lowest BCUT2D eigenvalue weighted by Crippen LogP contribution is -2.25. The summed E-state index contributed by atoms with van der Waals surface area (Å²) in [7, 11) is 1.64. The molecule has 4 nitrogen and oxygen atoms in total. The van der Waals surface area contributed by atoms with Gasteiger partial charge in [-0.1, -0.05) is 45.4 Å². The zero-order chi connectivity index (χ0) is 15.9. The van der Waals surface area contributed by atoms with Crippen LogP contribution in [0.25, 0.3) is 0 Å². The van der Waals surface area contributed by atoms with E-state index in [0.717, 1.165) is 12.8 Å². The first-order valence-corrected chi connectivity index (χ1v) is 8.40. The third-order valence-corrected chi connectivity index (χ3v) is 3.33. The summed E-state index contributed by atoms with van der Waals surface area (Å²) >= 11 is 0. The van der Waals surface area contributed by atoms with E-state index >= 15 is 0 Å². The van der Waals surface area contributed by atoms with Gasteiger partial charge in [0.1, 0.15) is 6.10 Å². The van der Waals surface area contributed by atoms with Gasteiger partial charge in [-0.25, -0.2) is 0 Å². The summed E-state index contributed by atoms with van der Waals surface area (Å²) in [5, 5.41) is 0. The van der Waals surface area contributed by atoms with Crippen molar-refractivity contribution in [3.8, 4) is 0 Å². The number of hydrogen-bond acceptors (Lipinski definition) is 4. The second-order valence-corrected chi connectivity index (χ2v) is 5.77. The summed E-state index contributed by atoms with van der Waals surface area (Å²) in [6.45, 7) is 7.00. The van der Waals surface area contributed by atoms with Crippen molar-refractivity contribution >= 4 is 5.97 Å². The topological polar surface area (TPSA) is 44.8 Å². The highest BCUT2D eigenvalue weighted by atomic mass is 16.6. The molecule has 0 aromatic carbocycles. The summed E-state index contributed by atoms with van der Waals surface area (Å²) in [4.78, 5) is 11.7. The SMILES string of the molecule is CCCCCCCCCC(=O)OC(C)COC(C)COC. The van der Waals surface area contributed by atoms with Gasteiger partial charge in [0.2, 0.25) is 0 Å². The van der Waals surface area contributed by atoms with Gasteiger partial charge in [0.05, 0.1) is 19.3 Å². The summed E-state index contributed by atoms with van der Waals surface area (Å²) in [5.41, 5.74) is 0. The van der Waals surface area contributed by atoms with Crippen LogP contribution in [0.2, 0.25) is 0 Å². The van der Waals surface area contributed by atoms with Gasteiger partial charge in [-0.05, 0) is 20.3 Å². The van der Waals surface area contributed by atoms with E-state index in [4.69, 9.17) is 14.2 Å². The van der Waals surface area contributed by atoms with Crippen molar-refractivity contribution in [3.63, 3.8) is 0 Å². The summed E-state index contributed by atoms with van der Waals surface area (Å²) in [6, 6.07) is 0. The molecule has 126 valence electrons. The number of carbonyl (C=O) groups excluding carboxylic acids is 1. The third kappa shape index (κ3) is 14.1. The molecule has 0 radical (unpaired) electrons. The minimum atomic E-state index is -0.193. The molecular weight excluding hydrogens is 268 g/mol. The fraction of sp³-hybridized carbons (Fsp3) is 0.941. The van der Waals surface area contributed by atoms with Gasteiger partial charge >= 0.3 is 5.97 Å². The van der Waals surface area contributed by atoms with Crippen LogP contribution >= 0.6 is 0 Å². The fourth-order valence-corrected chi connectivity index (χ4v) is 2.13. The number of rotatable bonds is 14. The van der Waals surface area contributed by atoms with Crippen molar-refractivity contribution in [3.05, 3.63) is 0 Å². The van der Waals surface area contributed by atoms with Gasteiger partial charge in [0.25, 0.3) is 0 Å². The Morgan fingerprint density at radius 2 is 1.52 bits per heavy atom. The van der Waals surface area contributed by atoms with E-state index in [2.05, 4.69) is 6.92 Å². The summed E-state index contributed by atoms with van der Waals surface area (Å²) in [6.07, 6.45) is 8.82. The first kappa shape index (κ1) is 20.4. The van der Waals surface area contributed by atoms with Crippen LogP contribution < -0.4 is 0 Å². The van der Waals surface area contributed by atoms with Crippen molar-refractivity contribution in [1.29, 1.82) is 0 Å². The smallest absolute Gasteiger partial charge is 0.306 e. The quantitative estimate of drug-likeness (QED) is 0.358. The molecule has 0 heterocycles. The van der Waals surface area contributed by atoms with Crippen LogP contribution in [0.4, 0.5) is 0 Å². The molecular formula is C17H34O4. The predicted molar refractivity (Wildman–Crippen MR) is 85.5 cm³/mol. The Bertz CT molecular complexity index is 243. The van der Waals surface area contributed by atoms with Crippen LogP contribution in [0.15, 0.2) is 0 Å². The van der Waals surface area contributed by atoms with Crippen LogP contribution in [0.3, 0.4) is 0 Å². The van der Waals surface area contributed by atoms with E-state index in [9.17, 15) is 4.79 Å². The summed E-state index contributed by atoms with van der Waals surface area (Å²) < 4.78 is 15.8. The maximum Gasteiger partial charge on any atom is 0.306 e. The second-order valence-electron chi connectivity index (χ2n) is 5.77.